The molecular formula is C24H26N2O4. The molecule has 156 valence electrons. The summed E-state index contributed by atoms with van der Waals surface area (Å²) in [6.45, 7) is 1.86. The van der Waals surface area contributed by atoms with Gasteiger partial charge in [-0.05, 0) is 18.6 Å². The summed E-state index contributed by atoms with van der Waals surface area (Å²) in [5, 5.41) is 9.14. The number of hydrogen-bond donors (Lipinski definition) is 2. The average Bonchev–Trinajstić information content (AvgIpc) is 2.75. The molecule has 0 fully saturated rings. The third kappa shape index (κ3) is 7.18. The van der Waals surface area contributed by atoms with E-state index >= 15 is 0 Å². The largest absolute Gasteiger partial charge is 0.481 e. The van der Waals surface area contributed by atoms with E-state index in [1.807, 2.05) is 48.5 Å². The van der Waals surface area contributed by atoms with Gasteiger partial charge in [0.2, 0.25) is 0 Å². The standard InChI is InChI=1S/C24H26N2O4/c1-3-15-29-22-11-7-5-9-19(22)17-26(14-13-21(25)24(27)28)18-20-10-6-8-12-23(20)30-16-4-2/h1-2,5-12,21H,13-18,25H2,(H,27,28)/t21-/m0/s1. The monoisotopic (exact) mass is 406 g/mol. The average molecular weight is 406 g/mol. The Hall–Kier alpha value is -3.45. The SMILES string of the molecule is C#CCOc1ccccc1CN(CC[C@H](N)C(=O)O)Cc1ccccc1OCC#C. The zero-order valence-corrected chi connectivity index (χ0v) is 16.8. The molecule has 0 unspecified atom stereocenters. The number of hydrogen-bond acceptors (Lipinski definition) is 5. The van der Waals surface area contributed by atoms with E-state index in [0.717, 1.165) is 11.1 Å². The molecule has 0 aliphatic rings. The van der Waals surface area contributed by atoms with Crippen LogP contribution in [0.4, 0.5) is 0 Å². The van der Waals surface area contributed by atoms with E-state index in [2.05, 4.69) is 16.7 Å². The molecule has 0 spiro atoms. The molecule has 30 heavy (non-hydrogen) atoms. The fourth-order valence-corrected chi connectivity index (χ4v) is 2.93. The van der Waals surface area contributed by atoms with Crippen LogP contribution in [0.2, 0.25) is 0 Å². The Morgan fingerprint density at radius 2 is 1.43 bits per heavy atom. The number of nitrogens with zero attached hydrogens (tertiary/aromatic N) is 1. The minimum atomic E-state index is -1.02. The molecule has 0 aromatic heterocycles. The highest BCUT2D eigenvalue weighted by Crippen LogP contribution is 2.24. The highest BCUT2D eigenvalue weighted by Gasteiger charge is 2.17. The molecule has 6 heteroatoms. The van der Waals surface area contributed by atoms with Gasteiger partial charge in [-0.2, -0.15) is 0 Å². The van der Waals surface area contributed by atoms with Crippen LogP contribution in [0.25, 0.3) is 0 Å². The Kier molecular flexibility index (Phi) is 9.27. The third-order valence-electron chi connectivity index (χ3n) is 4.43. The predicted octanol–water partition coefficient (Wildman–Crippen LogP) is 2.51. The molecule has 0 saturated carbocycles. The summed E-state index contributed by atoms with van der Waals surface area (Å²) in [5.41, 5.74) is 7.61. The van der Waals surface area contributed by atoms with Gasteiger partial charge in [-0.25, -0.2) is 0 Å². The van der Waals surface area contributed by atoms with E-state index < -0.39 is 12.0 Å². The van der Waals surface area contributed by atoms with E-state index in [0.29, 0.717) is 37.6 Å². The van der Waals surface area contributed by atoms with Gasteiger partial charge in [0, 0.05) is 30.8 Å². The first-order valence-corrected chi connectivity index (χ1v) is 9.54. The van der Waals surface area contributed by atoms with E-state index in [4.69, 9.17) is 33.2 Å². The molecule has 0 aliphatic heterocycles. The quantitative estimate of drug-likeness (QED) is 0.527. The first-order chi connectivity index (χ1) is 14.5. The number of carboxylic acids is 1. The molecule has 3 N–H and O–H groups in total. The molecule has 6 nitrogen and oxygen atoms in total. The highest BCUT2D eigenvalue weighted by molar-refractivity contribution is 5.73. The minimum absolute atomic E-state index is 0.170. The fourth-order valence-electron chi connectivity index (χ4n) is 2.93. The zero-order valence-electron chi connectivity index (χ0n) is 16.8. The van der Waals surface area contributed by atoms with Crippen LogP contribution in [-0.4, -0.2) is 41.8 Å². The third-order valence-corrected chi connectivity index (χ3v) is 4.43. The van der Waals surface area contributed by atoms with E-state index in [-0.39, 0.29) is 13.2 Å². The van der Waals surface area contributed by atoms with Crippen LogP contribution < -0.4 is 15.2 Å². The second-order valence-corrected chi connectivity index (χ2v) is 6.65. The summed E-state index contributed by atoms with van der Waals surface area (Å²) in [6, 6.07) is 14.3. The van der Waals surface area contributed by atoms with Crippen LogP contribution in [0, 0.1) is 24.7 Å². The molecule has 2 aromatic rings. The van der Waals surface area contributed by atoms with Crippen molar-refractivity contribution in [2.24, 2.45) is 5.73 Å². The van der Waals surface area contributed by atoms with Crippen molar-refractivity contribution in [3.8, 4) is 36.2 Å². The van der Waals surface area contributed by atoms with Crippen molar-refractivity contribution in [2.45, 2.75) is 25.6 Å². The smallest absolute Gasteiger partial charge is 0.320 e. The highest BCUT2D eigenvalue weighted by atomic mass is 16.5. The van der Waals surface area contributed by atoms with Crippen molar-refractivity contribution < 1.29 is 19.4 Å². The lowest BCUT2D eigenvalue weighted by Crippen LogP contribution is -2.35. The number of carboxylic acid groups (broad SMARTS) is 1. The Labute approximate surface area is 177 Å². The molecule has 1 atom stereocenters. The number of rotatable bonds is 12. The minimum Gasteiger partial charge on any atom is -0.481 e. The molecule has 2 rings (SSSR count). The van der Waals surface area contributed by atoms with Crippen LogP contribution in [-0.2, 0) is 17.9 Å². The second-order valence-electron chi connectivity index (χ2n) is 6.65. The topological polar surface area (TPSA) is 85.0 Å². The fraction of sp³-hybridized carbons (Fsp3) is 0.292. The molecule has 2 aromatic carbocycles. The maximum absolute atomic E-state index is 11.2. The second kappa shape index (κ2) is 12.2. The van der Waals surface area contributed by atoms with Gasteiger partial charge >= 0.3 is 5.97 Å². The van der Waals surface area contributed by atoms with Crippen molar-refractivity contribution in [3.63, 3.8) is 0 Å². The number of terminal acetylenes is 2. The summed E-state index contributed by atoms with van der Waals surface area (Å²) >= 11 is 0. The van der Waals surface area contributed by atoms with Gasteiger partial charge in [-0.3, -0.25) is 9.69 Å². The van der Waals surface area contributed by atoms with Gasteiger partial charge in [0.25, 0.3) is 0 Å². The number of benzene rings is 2. The summed E-state index contributed by atoms with van der Waals surface area (Å²) in [7, 11) is 0. The molecule has 0 heterocycles. The number of carbonyl (C=O) groups is 1. The summed E-state index contributed by atoms with van der Waals surface area (Å²) < 4.78 is 11.3. The Morgan fingerprint density at radius 1 is 0.967 bits per heavy atom. The van der Waals surface area contributed by atoms with Gasteiger partial charge in [0.15, 0.2) is 0 Å². The van der Waals surface area contributed by atoms with Crippen molar-refractivity contribution in [1.29, 1.82) is 0 Å². The number of ether oxygens (including phenoxy) is 2. The molecule has 0 bridgehead atoms. The molecular weight excluding hydrogens is 380 g/mol. The Bertz CT molecular complexity index is 850. The number of para-hydroxylation sites is 2. The van der Waals surface area contributed by atoms with Gasteiger partial charge in [0.1, 0.15) is 30.8 Å². The van der Waals surface area contributed by atoms with Crippen molar-refractivity contribution in [1.82, 2.24) is 4.90 Å². The molecule has 0 saturated heterocycles. The zero-order chi connectivity index (χ0) is 21.8. The van der Waals surface area contributed by atoms with Gasteiger partial charge in [-0.1, -0.05) is 48.2 Å². The molecule has 0 radical (unpaired) electrons. The van der Waals surface area contributed by atoms with E-state index in [1.54, 1.807) is 0 Å². The van der Waals surface area contributed by atoms with Crippen LogP contribution >= 0.6 is 0 Å². The van der Waals surface area contributed by atoms with Gasteiger partial charge in [-0.15, -0.1) is 12.8 Å². The Balaban J connectivity index is 2.23. The predicted molar refractivity (Wildman–Crippen MR) is 116 cm³/mol. The first-order valence-electron chi connectivity index (χ1n) is 9.54. The van der Waals surface area contributed by atoms with Crippen LogP contribution in [0.3, 0.4) is 0 Å². The van der Waals surface area contributed by atoms with E-state index in [9.17, 15) is 4.79 Å². The van der Waals surface area contributed by atoms with E-state index in [1.165, 1.54) is 0 Å². The maximum atomic E-state index is 11.2. The lowest BCUT2D eigenvalue weighted by atomic mass is 10.1. The first kappa shape index (κ1) is 22.8. The van der Waals surface area contributed by atoms with Crippen LogP contribution in [0.15, 0.2) is 48.5 Å². The van der Waals surface area contributed by atoms with Crippen molar-refractivity contribution >= 4 is 5.97 Å². The molecule has 0 aliphatic carbocycles. The van der Waals surface area contributed by atoms with Crippen LogP contribution in [0.1, 0.15) is 17.5 Å². The van der Waals surface area contributed by atoms with Crippen molar-refractivity contribution in [3.05, 3.63) is 59.7 Å². The summed E-state index contributed by atoms with van der Waals surface area (Å²) in [5.74, 6) is 5.30. The lowest BCUT2D eigenvalue weighted by molar-refractivity contribution is -0.138. The Morgan fingerprint density at radius 3 is 1.87 bits per heavy atom. The number of nitrogens with two attached hydrogens (primary N) is 1. The normalized spacial score (nSPS) is 11.3. The number of aliphatic carboxylic acids is 1. The van der Waals surface area contributed by atoms with Gasteiger partial charge in [0.05, 0.1) is 0 Å². The summed E-state index contributed by atoms with van der Waals surface area (Å²) in [6.07, 6.45) is 10.9. The summed E-state index contributed by atoms with van der Waals surface area (Å²) in [4.78, 5) is 13.2. The molecule has 0 amide bonds. The van der Waals surface area contributed by atoms with Crippen molar-refractivity contribution in [2.75, 3.05) is 19.8 Å². The van der Waals surface area contributed by atoms with Gasteiger partial charge < -0.3 is 20.3 Å². The van der Waals surface area contributed by atoms with Crippen LogP contribution in [0.5, 0.6) is 11.5 Å². The lowest BCUT2D eigenvalue weighted by Gasteiger charge is -2.25. The maximum Gasteiger partial charge on any atom is 0.320 e.